The fraction of sp³-hybridized carbons (Fsp3) is 0.523. The molecule has 2 fully saturated rings. The molecule has 1 heterocycles. The second-order valence-corrected chi connectivity index (χ2v) is 16.2. The van der Waals surface area contributed by atoms with Gasteiger partial charge in [0.25, 0.3) is 0 Å². The number of ketones is 3. The van der Waals surface area contributed by atoms with Crippen molar-refractivity contribution in [1.29, 1.82) is 0 Å². The Bertz CT molecular complexity index is 1780. The van der Waals surface area contributed by atoms with Crippen LogP contribution in [-0.2, 0) is 46.3 Å². The maximum atomic E-state index is 14.5. The van der Waals surface area contributed by atoms with E-state index in [4.69, 9.17) is 4.74 Å². The lowest BCUT2D eigenvalue weighted by Crippen LogP contribution is -2.56. The number of nitrogens with zero attached hydrogens (tertiary/aromatic N) is 2. The number of carbonyl (C=O) groups is 7. The molecule has 0 bridgehead atoms. The van der Waals surface area contributed by atoms with Crippen molar-refractivity contribution >= 4 is 41.2 Å². The molecule has 0 spiro atoms. The van der Waals surface area contributed by atoms with Crippen molar-refractivity contribution in [2.45, 2.75) is 96.4 Å². The van der Waals surface area contributed by atoms with Crippen LogP contribution in [0.4, 0.5) is 4.79 Å². The number of fused-ring (bicyclic) bond motifs is 2. The molecule has 0 aromatic heterocycles. The number of benzene rings is 2. The highest BCUT2D eigenvalue weighted by Crippen LogP contribution is 2.51. The van der Waals surface area contributed by atoms with E-state index in [1.807, 2.05) is 38.1 Å². The van der Waals surface area contributed by atoms with E-state index in [9.17, 15) is 33.6 Å². The molecule has 1 aliphatic heterocycles. The van der Waals surface area contributed by atoms with Gasteiger partial charge >= 0.3 is 6.09 Å². The van der Waals surface area contributed by atoms with E-state index in [-0.39, 0.29) is 73.1 Å². The number of ether oxygens (including phenoxy) is 1. The Kier molecular flexibility index (Phi) is 14.0. The Hall–Kier alpha value is -5.13. The fourth-order valence-corrected chi connectivity index (χ4v) is 7.97. The van der Waals surface area contributed by atoms with Crippen molar-refractivity contribution in [3.63, 3.8) is 0 Å². The smallest absolute Gasteiger partial charge is 0.408 e. The average Bonchev–Trinajstić information content (AvgIpc) is 3.62. The summed E-state index contributed by atoms with van der Waals surface area (Å²) in [6, 6.07) is 14.0. The normalized spacial score (nSPS) is 20.5. The summed E-state index contributed by atoms with van der Waals surface area (Å²) in [5.74, 6) is -4.11. The minimum Gasteiger partial charge on any atom is -0.446 e. The number of carbonyl (C=O) groups excluding carboxylic acids is 7. The van der Waals surface area contributed by atoms with Gasteiger partial charge < -0.3 is 25.2 Å². The van der Waals surface area contributed by atoms with Gasteiger partial charge in [-0.3, -0.25) is 28.8 Å². The molecule has 56 heavy (non-hydrogen) atoms. The molecule has 5 rings (SSSR count). The molecule has 7 atom stereocenters. The first-order chi connectivity index (χ1) is 26.7. The number of hydrogen-bond acceptors (Lipinski definition) is 8. The third kappa shape index (κ3) is 10.2. The Morgan fingerprint density at radius 2 is 1.55 bits per heavy atom. The van der Waals surface area contributed by atoms with Gasteiger partial charge in [-0.1, -0.05) is 74.5 Å². The van der Waals surface area contributed by atoms with Crippen LogP contribution >= 0.6 is 0 Å². The number of amides is 4. The summed E-state index contributed by atoms with van der Waals surface area (Å²) in [7, 11) is 3.16. The second kappa shape index (κ2) is 18.7. The molecule has 2 aliphatic carbocycles. The topological polar surface area (TPSA) is 159 Å². The Balaban J connectivity index is 1.26. The van der Waals surface area contributed by atoms with Gasteiger partial charge in [-0.05, 0) is 79.4 Å². The number of piperidine rings is 1. The molecule has 1 saturated carbocycles. The maximum absolute atomic E-state index is 14.5. The van der Waals surface area contributed by atoms with E-state index in [1.165, 1.54) is 4.90 Å². The van der Waals surface area contributed by atoms with E-state index in [0.29, 0.717) is 31.4 Å². The summed E-state index contributed by atoms with van der Waals surface area (Å²) in [6.45, 7) is 9.80. The molecule has 2 N–H and O–H groups in total. The third-order valence-electron chi connectivity index (χ3n) is 11.6. The van der Waals surface area contributed by atoms with Gasteiger partial charge in [0.1, 0.15) is 18.2 Å². The van der Waals surface area contributed by atoms with E-state index >= 15 is 0 Å². The summed E-state index contributed by atoms with van der Waals surface area (Å²) in [6.07, 6.45) is 2.16. The maximum Gasteiger partial charge on any atom is 0.408 e. The molecule has 0 radical (unpaired) electrons. The lowest BCUT2D eigenvalue weighted by atomic mass is 9.86. The zero-order chi connectivity index (χ0) is 40.7. The number of hydrogen-bond donors (Lipinski definition) is 2. The zero-order valence-corrected chi connectivity index (χ0v) is 33.2. The first kappa shape index (κ1) is 42.0. The van der Waals surface area contributed by atoms with Crippen LogP contribution in [0.1, 0.15) is 82.0 Å². The highest BCUT2D eigenvalue weighted by Gasteiger charge is 2.58. The zero-order valence-electron chi connectivity index (χ0n) is 33.2. The standard InChI is InChI=1S/C44H56N4O8/c1-7-8-14-31(41(52)35(49)19-20-37(51)45-38(42(53)47(5)6)28-15-10-9-11-16-28)24-36(50)40-34-23-33(34)25-48(40)43(54)39(46-44(55)56-27(4)26(2)3)32-21-29-17-12-13-18-30(29)22-32/h7,9-13,15-18,26-27,31-34,38-40H,1,8,14,19-25H2,2-6H3,(H,45,51)(H,46,55)/t27-,31?,33+,34+,38+,39+,40+/m1/s1. The number of likely N-dealkylation sites (N-methyl/N-ethyl adjacent to an activating group) is 1. The van der Waals surface area contributed by atoms with Gasteiger partial charge in [0.15, 0.2) is 11.6 Å². The quantitative estimate of drug-likeness (QED) is 0.153. The largest absolute Gasteiger partial charge is 0.446 e. The first-order valence-corrected chi connectivity index (χ1v) is 19.8. The van der Waals surface area contributed by atoms with Crippen molar-refractivity contribution in [3.05, 3.63) is 83.9 Å². The number of nitrogens with one attached hydrogen (secondary N) is 2. The molecule has 1 unspecified atom stereocenters. The molecule has 2 aromatic rings. The Labute approximate surface area is 329 Å². The lowest BCUT2D eigenvalue weighted by Gasteiger charge is -2.33. The van der Waals surface area contributed by atoms with Crippen LogP contribution in [-0.4, -0.2) is 89.8 Å². The monoisotopic (exact) mass is 768 g/mol. The van der Waals surface area contributed by atoms with Crippen molar-refractivity contribution < 1.29 is 38.3 Å². The molecule has 12 nitrogen and oxygen atoms in total. The highest BCUT2D eigenvalue weighted by atomic mass is 16.6. The van der Waals surface area contributed by atoms with E-state index in [1.54, 1.807) is 62.3 Å². The molecule has 300 valence electrons. The van der Waals surface area contributed by atoms with E-state index in [2.05, 4.69) is 17.2 Å². The third-order valence-corrected chi connectivity index (χ3v) is 11.6. The number of rotatable bonds is 19. The van der Waals surface area contributed by atoms with Crippen LogP contribution in [0.3, 0.4) is 0 Å². The second-order valence-electron chi connectivity index (χ2n) is 16.2. The molecular weight excluding hydrogens is 713 g/mol. The summed E-state index contributed by atoms with van der Waals surface area (Å²) < 4.78 is 5.62. The molecule has 2 aromatic carbocycles. The number of alkyl carbamates (subject to hydrolysis) is 1. The lowest BCUT2D eigenvalue weighted by molar-refractivity contribution is -0.143. The van der Waals surface area contributed by atoms with E-state index in [0.717, 1.165) is 17.5 Å². The summed E-state index contributed by atoms with van der Waals surface area (Å²) in [5, 5.41) is 5.57. The SMILES string of the molecule is C=CCCC(CC(=O)[C@@H]1[C@H]2C[C@H]2CN1C(=O)[C@@H](NC(=O)O[C@H](C)C(C)C)C1Cc2ccccc2C1)C(=O)C(=O)CCC(=O)N[C@H](C(=O)N(C)C)c1ccccc1. The van der Waals surface area contributed by atoms with Crippen LogP contribution in [0.2, 0.25) is 0 Å². The Morgan fingerprint density at radius 3 is 2.16 bits per heavy atom. The van der Waals surface area contributed by atoms with Crippen molar-refractivity contribution in [1.82, 2.24) is 20.4 Å². The minimum atomic E-state index is -0.959. The van der Waals surface area contributed by atoms with Crippen molar-refractivity contribution in [2.75, 3.05) is 20.6 Å². The number of allylic oxidation sites excluding steroid dienone is 1. The van der Waals surface area contributed by atoms with Crippen LogP contribution < -0.4 is 10.6 Å². The van der Waals surface area contributed by atoms with Gasteiger partial charge in [0.05, 0.1) is 6.04 Å². The molecular formula is C44H56N4O8. The minimum absolute atomic E-state index is 0.0576. The van der Waals surface area contributed by atoms with Gasteiger partial charge in [0, 0.05) is 45.8 Å². The van der Waals surface area contributed by atoms with Crippen molar-refractivity contribution in [3.8, 4) is 0 Å². The molecule has 3 aliphatic rings. The number of Topliss-reactive ketones (excluding diaryl/α,β-unsaturated/α-hetero) is 3. The molecule has 1 saturated heterocycles. The molecule has 4 amide bonds. The van der Waals surface area contributed by atoms with Gasteiger partial charge in [-0.15, -0.1) is 6.58 Å². The predicted molar refractivity (Wildman–Crippen MR) is 210 cm³/mol. The van der Waals surface area contributed by atoms with Crippen LogP contribution in [0, 0.1) is 29.6 Å². The predicted octanol–water partition coefficient (Wildman–Crippen LogP) is 4.79. The Morgan fingerprint density at radius 1 is 0.911 bits per heavy atom. The van der Waals surface area contributed by atoms with Crippen LogP contribution in [0.25, 0.3) is 0 Å². The van der Waals surface area contributed by atoms with Crippen LogP contribution in [0.5, 0.6) is 0 Å². The first-order valence-electron chi connectivity index (χ1n) is 19.8. The average molecular weight is 769 g/mol. The van der Waals surface area contributed by atoms with Crippen molar-refractivity contribution in [2.24, 2.45) is 29.6 Å². The summed E-state index contributed by atoms with van der Waals surface area (Å²) in [5.41, 5.74) is 2.81. The highest BCUT2D eigenvalue weighted by molar-refractivity contribution is 6.38. The van der Waals surface area contributed by atoms with Gasteiger partial charge in [-0.2, -0.15) is 0 Å². The van der Waals surface area contributed by atoms with Gasteiger partial charge in [0.2, 0.25) is 23.5 Å². The van der Waals surface area contributed by atoms with Gasteiger partial charge in [-0.25, -0.2) is 4.79 Å². The fourth-order valence-electron chi connectivity index (χ4n) is 7.97. The molecule has 12 heteroatoms. The van der Waals surface area contributed by atoms with E-state index < -0.39 is 47.6 Å². The summed E-state index contributed by atoms with van der Waals surface area (Å²) in [4.78, 5) is 97.6. The van der Waals surface area contributed by atoms with Crippen LogP contribution in [0.15, 0.2) is 67.3 Å². The summed E-state index contributed by atoms with van der Waals surface area (Å²) >= 11 is 0. The number of likely N-dealkylation sites (tertiary alicyclic amines) is 1.